The van der Waals surface area contributed by atoms with Gasteiger partial charge in [-0.1, -0.05) is 6.07 Å². The zero-order valence-electron chi connectivity index (χ0n) is 12.3. The molecular formula is C14H14N2O5S2. The number of hydrogen-bond acceptors (Lipinski definition) is 6. The van der Waals surface area contributed by atoms with E-state index in [1.807, 2.05) is 0 Å². The number of esters is 1. The zero-order chi connectivity index (χ0) is 17.0. The lowest BCUT2D eigenvalue weighted by Gasteiger charge is -2.10. The topological polar surface area (TPSA) is 102 Å². The molecule has 2 N–H and O–H groups in total. The second-order valence-electron chi connectivity index (χ2n) is 4.47. The van der Waals surface area contributed by atoms with Crippen LogP contribution in [0.3, 0.4) is 0 Å². The third kappa shape index (κ3) is 4.08. The highest BCUT2D eigenvalue weighted by atomic mass is 32.2. The molecule has 23 heavy (non-hydrogen) atoms. The van der Waals surface area contributed by atoms with Gasteiger partial charge in [0.15, 0.2) is 0 Å². The van der Waals surface area contributed by atoms with Gasteiger partial charge in [-0.2, -0.15) is 0 Å². The van der Waals surface area contributed by atoms with E-state index in [0.717, 1.165) is 11.3 Å². The Bertz CT molecular complexity index is 842. The quantitative estimate of drug-likeness (QED) is 0.802. The molecule has 1 aromatic carbocycles. The molecule has 0 saturated heterocycles. The number of amides is 1. The van der Waals surface area contributed by atoms with Crippen LogP contribution in [0.15, 0.2) is 40.6 Å². The highest BCUT2D eigenvalue weighted by Gasteiger charge is 2.24. The number of thiophene rings is 1. The lowest BCUT2D eigenvalue weighted by molar-refractivity contribution is -0.114. The van der Waals surface area contributed by atoms with E-state index >= 15 is 0 Å². The molecule has 7 nitrogen and oxygen atoms in total. The van der Waals surface area contributed by atoms with Gasteiger partial charge in [0.25, 0.3) is 10.0 Å². The Labute approximate surface area is 137 Å². The van der Waals surface area contributed by atoms with Crippen LogP contribution in [0.2, 0.25) is 0 Å². The van der Waals surface area contributed by atoms with Gasteiger partial charge in [-0.15, -0.1) is 11.3 Å². The number of nitrogens with one attached hydrogen (secondary N) is 2. The summed E-state index contributed by atoms with van der Waals surface area (Å²) in [5.74, 6) is -0.983. The Kier molecular flexibility index (Phi) is 5.02. The molecule has 0 atom stereocenters. The standard InChI is InChI=1S/C14H14N2O5S2/c1-9(17)15-10-4-3-5-11(8-10)16-23(19,20)12-6-7-22-13(12)14(18)21-2/h3-8,16H,1-2H3,(H,15,17). The minimum atomic E-state index is -3.95. The summed E-state index contributed by atoms with van der Waals surface area (Å²) < 4.78 is 31.8. The third-order valence-corrected chi connectivity index (χ3v) is 5.17. The summed E-state index contributed by atoms with van der Waals surface area (Å²) in [5.41, 5.74) is 0.717. The van der Waals surface area contributed by atoms with E-state index in [-0.39, 0.29) is 21.4 Å². The van der Waals surface area contributed by atoms with E-state index in [1.165, 1.54) is 37.6 Å². The molecule has 122 valence electrons. The minimum absolute atomic E-state index is 0.00184. The van der Waals surface area contributed by atoms with Crippen LogP contribution in [0.5, 0.6) is 0 Å². The Morgan fingerprint density at radius 2 is 1.87 bits per heavy atom. The summed E-state index contributed by atoms with van der Waals surface area (Å²) in [4.78, 5) is 22.5. The first-order chi connectivity index (χ1) is 10.8. The Balaban J connectivity index is 2.30. The highest BCUT2D eigenvalue weighted by Crippen LogP contribution is 2.26. The van der Waals surface area contributed by atoms with Gasteiger partial charge in [-0.3, -0.25) is 9.52 Å². The Morgan fingerprint density at radius 1 is 1.17 bits per heavy atom. The molecule has 0 unspecified atom stereocenters. The minimum Gasteiger partial charge on any atom is -0.465 e. The summed E-state index contributed by atoms with van der Waals surface area (Å²) in [6.07, 6.45) is 0. The maximum absolute atomic E-state index is 12.4. The van der Waals surface area contributed by atoms with Gasteiger partial charge in [-0.25, -0.2) is 13.2 Å². The van der Waals surface area contributed by atoms with Gasteiger partial charge in [0.1, 0.15) is 9.77 Å². The SMILES string of the molecule is COC(=O)c1sccc1S(=O)(=O)Nc1cccc(NC(C)=O)c1. The average molecular weight is 354 g/mol. The van der Waals surface area contributed by atoms with Crippen molar-refractivity contribution in [1.82, 2.24) is 0 Å². The lowest BCUT2D eigenvalue weighted by Crippen LogP contribution is -2.16. The van der Waals surface area contributed by atoms with Gasteiger partial charge >= 0.3 is 5.97 Å². The van der Waals surface area contributed by atoms with Gasteiger partial charge in [0.05, 0.1) is 12.8 Å². The molecule has 0 aliphatic carbocycles. The van der Waals surface area contributed by atoms with Crippen LogP contribution in [-0.2, 0) is 19.6 Å². The lowest BCUT2D eigenvalue weighted by atomic mass is 10.3. The van der Waals surface area contributed by atoms with Gasteiger partial charge < -0.3 is 10.1 Å². The molecular weight excluding hydrogens is 340 g/mol. The van der Waals surface area contributed by atoms with Crippen molar-refractivity contribution in [3.8, 4) is 0 Å². The number of sulfonamides is 1. The van der Waals surface area contributed by atoms with Crippen LogP contribution < -0.4 is 10.0 Å². The Morgan fingerprint density at radius 3 is 2.52 bits per heavy atom. The van der Waals surface area contributed by atoms with E-state index in [9.17, 15) is 18.0 Å². The molecule has 9 heteroatoms. The van der Waals surface area contributed by atoms with E-state index in [1.54, 1.807) is 12.1 Å². The van der Waals surface area contributed by atoms with Crippen molar-refractivity contribution in [2.75, 3.05) is 17.1 Å². The number of methoxy groups -OCH3 is 1. The molecule has 0 radical (unpaired) electrons. The first kappa shape index (κ1) is 17.0. The molecule has 0 saturated carbocycles. The number of rotatable bonds is 5. The Hall–Kier alpha value is -2.39. The fourth-order valence-corrected chi connectivity index (χ4v) is 4.21. The molecule has 0 bridgehead atoms. The summed E-state index contributed by atoms with van der Waals surface area (Å²) in [5, 5.41) is 4.05. The third-order valence-electron chi connectivity index (χ3n) is 2.72. The van der Waals surface area contributed by atoms with Crippen molar-refractivity contribution >= 4 is 44.6 Å². The molecule has 0 aliphatic rings. The number of ether oxygens (including phenoxy) is 1. The van der Waals surface area contributed by atoms with Crippen LogP contribution in [0.1, 0.15) is 16.6 Å². The summed E-state index contributed by atoms with van der Waals surface area (Å²) >= 11 is 0.981. The maximum Gasteiger partial charge on any atom is 0.349 e. The molecule has 2 rings (SSSR count). The largest absolute Gasteiger partial charge is 0.465 e. The zero-order valence-corrected chi connectivity index (χ0v) is 14.0. The number of anilines is 2. The number of carbonyl (C=O) groups excluding carboxylic acids is 2. The van der Waals surface area contributed by atoms with Crippen LogP contribution in [-0.4, -0.2) is 27.4 Å². The molecule has 1 aromatic heterocycles. The average Bonchev–Trinajstić information content (AvgIpc) is 2.96. The predicted molar refractivity (Wildman–Crippen MR) is 87.2 cm³/mol. The number of hydrogen-bond donors (Lipinski definition) is 2. The van der Waals surface area contributed by atoms with Crippen LogP contribution in [0, 0.1) is 0 Å². The van der Waals surface area contributed by atoms with E-state index in [0.29, 0.717) is 5.69 Å². The van der Waals surface area contributed by atoms with Crippen molar-refractivity contribution in [2.45, 2.75) is 11.8 Å². The monoisotopic (exact) mass is 354 g/mol. The molecule has 0 spiro atoms. The second-order valence-corrected chi connectivity index (χ2v) is 7.04. The van der Waals surface area contributed by atoms with Crippen LogP contribution in [0.4, 0.5) is 11.4 Å². The number of benzene rings is 1. The number of carbonyl (C=O) groups is 2. The van der Waals surface area contributed by atoms with E-state index in [4.69, 9.17) is 0 Å². The second kappa shape index (κ2) is 6.80. The summed E-state index contributed by atoms with van der Waals surface area (Å²) in [6, 6.07) is 7.56. The van der Waals surface area contributed by atoms with Crippen molar-refractivity contribution in [3.05, 3.63) is 40.6 Å². The fourth-order valence-electron chi connectivity index (χ4n) is 1.82. The van der Waals surface area contributed by atoms with Gasteiger partial charge in [-0.05, 0) is 29.6 Å². The molecule has 0 aliphatic heterocycles. The maximum atomic E-state index is 12.4. The van der Waals surface area contributed by atoms with Gasteiger partial charge in [0, 0.05) is 12.6 Å². The fraction of sp³-hybridized carbons (Fsp3) is 0.143. The first-order valence-electron chi connectivity index (χ1n) is 6.40. The molecule has 1 amide bonds. The van der Waals surface area contributed by atoms with Crippen LogP contribution >= 0.6 is 11.3 Å². The van der Waals surface area contributed by atoms with Crippen molar-refractivity contribution in [3.63, 3.8) is 0 Å². The smallest absolute Gasteiger partial charge is 0.349 e. The van der Waals surface area contributed by atoms with Crippen LogP contribution in [0.25, 0.3) is 0 Å². The normalized spacial score (nSPS) is 10.9. The predicted octanol–water partition coefficient (Wildman–Crippen LogP) is 2.29. The van der Waals surface area contributed by atoms with Gasteiger partial charge in [0.2, 0.25) is 5.91 Å². The van der Waals surface area contributed by atoms with Crippen molar-refractivity contribution in [1.29, 1.82) is 0 Å². The van der Waals surface area contributed by atoms with Crippen molar-refractivity contribution in [2.24, 2.45) is 0 Å². The van der Waals surface area contributed by atoms with E-state index < -0.39 is 16.0 Å². The van der Waals surface area contributed by atoms with Crippen molar-refractivity contribution < 1.29 is 22.7 Å². The first-order valence-corrected chi connectivity index (χ1v) is 8.76. The highest BCUT2D eigenvalue weighted by molar-refractivity contribution is 7.93. The summed E-state index contributed by atoms with van der Waals surface area (Å²) in [7, 11) is -2.77. The molecule has 0 fully saturated rings. The van der Waals surface area contributed by atoms with E-state index in [2.05, 4.69) is 14.8 Å². The molecule has 2 aromatic rings. The molecule has 1 heterocycles. The summed E-state index contributed by atoms with van der Waals surface area (Å²) in [6.45, 7) is 1.35.